The SMILES string of the molecule is OC1=CCc2ccccc2C(O)=C1. The summed E-state index contributed by atoms with van der Waals surface area (Å²) in [5.41, 5.74) is 1.82. The van der Waals surface area contributed by atoms with Gasteiger partial charge in [-0.1, -0.05) is 24.3 Å². The van der Waals surface area contributed by atoms with Crippen LogP contribution in [0.3, 0.4) is 0 Å². The highest BCUT2D eigenvalue weighted by Gasteiger charge is 2.08. The van der Waals surface area contributed by atoms with Crippen LogP contribution in [0.25, 0.3) is 5.76 Å². The van der Waals surface area contributed by atoms with Crippen molar-refractivity contribution < 1.29 is 10.2 Å². The van der Waals surface area contributed by atoms with Crippen molar-refractivity contribution in [2.45, 2.75) is 6.42 Å². The second-order valence-electron chi connectivity index (χ2n) is 3.02. The maximum absolute atomic E-state index is 9.57. The Kier molecular flexibility index (Phi) is 1.81. The van der Waals surface area contributed by atoms with E-state index in [0.29, 0.717) is 6.42 Å². The molecule has 0 aliphatic heterocycles. The number of hydrogen-bond acceptors (Lipinski definition) is 2. The lowest BCUT2D eigenvalue weighted by Gasteiger charge is -2.03. The fraction of sp³-hybridized carbons (Fsp3) is 0.0909. The molecule has 13 heavy (non-hydrogen) atoms. The van der Waals surface area contributed by atoms with E-state index in [9.17, 15) is 10.2 Å². The fourth-order valence-electron chi connectivity index (χ4n) is 1.44. The normalized spacial score (nSPS) is 15.4. The van der Waals surface area contributed by atoms with Gasteiger partial charge in [0, 0.05) is 11.6 Å². The Bertz CT molecular complexity index is 389. The minimum Gasteiger partial charge on any atom is -0.508 e. The molecule has 0 saturated carbocycles. The summed E-state index contributed by atoms with van der Waals surface area (Å²) in [5, 5.41) is 18.8. The molecule has 1 aromatic carbocycles. The Labute approximate surface area is 76.5 Å². The average molecular weight is 174 g/mol. The number of rotatable bonds is 0. The zero-order valence-electron chi connectivity index (χ0n) is 7.07. The van der Waals surface area contributed by atoms with E-state index in [1.807, 2.05) is 24.3 Å². The molecule has 1 aliphatic carbocycles. The Morgan fingerprint density at radius 1 is 1.08 bits per heavy atom. The van der Waals surface area contributed by atoms with E-state index >= 15 is 0 Å². The topological polar surface area (TPSA) is 40.5 Å². The summed E-state index contributed by atoms with van der Waals surface area (Å²) < 4.78 is 0. The quantitative estimate of drug-likeness (QED) is 0.634. The molecule has 2 heteroatoms. The summed E-state index contributed by atoms with van der Waals surface area (Å²) >= 11 is 0. The van der Waals surface area contributed by atoms with Gasteiger partial charge in [-0.25, -0.2) is 0 Å². The summed E-state index contributed by atoms with van der Waals surface area (Å²) in [6.07, 6.45) is 3.70. The number of aliphatic hydroxyl groups excluding tert-OH is 2. The van der Waals surface area contributed by atoms with E-state index in [1.54, 1.807) is 6.08 Å². The molecular weight excluding hydrogens is 164 g/mol. The summed E-state index contributed by atoms with van der Waals surface area (Å²) in [4.78, 5) is 0. The van der Waals surface area contributed by atoms with Gasteiger partial charge in [-0.2, -0.15) is 0 Å². The smallest absolute Gasteiger partial charge is 0.126 e. The lowest BCUT2D eigenvalue weighted by atomic mass is 10.0. The molecule has 2 nitrogen and oxygen atoms in total. The molecule has 1 aliphatic rings. The Balaban J connectivity index is 2.57. The molecule has 2 N–H and O–H groups in total. The summed E-state index contributed by atoms with van der Waals surface area (Å²) in [5.74, 6) is 0.246. The van der Waals surface area contributed by atoms with Crippen molar-refractivity contribution in [1.29, 1.82) is 0 Å². The van der Waals surface area contributed by atoms with Gasteiger partial charge < -0.3 is 10.2 Å². The van der Waals surface area contributed by atoms with Crippen molar-refractivity contribution in [3.05, 3.63) is 53.3 Å². The first-order valence-electron chi connectivity index (χ1n) is 4.15. The first-order chi connectivity index (χ1) is 6.27. The fourth-order valence-corrected chi connectivity index (χ4v) is 1.44. The highest BCUT2D eigenvalue weighted by Crippen LogP contribution is 2.22. The molecule has 0 fully saturated rings. The van der Waals surface area contributed by atoms with Crippen molar-refractivity contribution in [1.82, 2.24) is 0 Å². The van der Waals surface area contributed by atoms with Crippen LogP contribution < -0.4 is 0 Å². The highest BCUT2D eigenvalue weighted by atomic mass is 16.3. The molecule has 2 rings (SSSR count). The molecule has 0 heterocycles. The monoisotopic (exact) mass is 174 g/mol. The molecule has 0 atom stereocenters. The van der Waals surface area contributed by atoms with Crippen LogP contribution in [0.15, 0.2) is 42.2 Å². The van der Waals surface area contributed by atoms with E-state index in [2.05, 4.69) is 0 Å². The van der Waals surface area contributed by atoms with E-state index in [4.69, 9.17) is 0 Å². The molecule has 0 amide bonds. The molecule has 0 spiro atoms. The molecule has 0 aromatic heterocycles. The van der Waals surface area contributed by atoms with Crippen LogP contribution in [-0.4, -0.2) is 10.2 Å². The van der Waals surface area contributed by atoms with Crippen LogP contribution >= 0.6 is 0 Å². The molecule has 0 saturated heterocycles. The Morgan fingerprint density at radius 3 is 2.69 bits per heavy atom. The lowest BCUT2D eigenvalue weighted by Crippen LogP contribution is -1.89. The third-order valence-electron chi connectivity index (χ3n) is 2.11. The Hall–Kier alpha value is -1.70. The van der Waals surface area contributed by atoms with E-state index in [-0.39, 0.29) is 11.5 Å². The van der Waals surface area contributed by atoms with Crippen LogP contribution in [0, 0.1) is 0 Å². The van der Waals surface area contributed by atoms with Gasteiger partial charge in [0.1, 0.15) is 11.5 Å². The standard InChI is InChI=1S/C11H10O2/c12-9-6-5-8-3-1-2-4-10(8)11(13)7-9/h1-4,6-7,12-13H,5H2. The van der Waals surface area contributed by atoms with Gasteiger partial charge in [0.25, 0.3) is 0 Å². The average Bonchev–Trinajstić information content (AvgIpc) is 2.27. The summed E-state index contributed by atoms with van der Waals surface area (Å²) in [6.45, 7) is 0. The molecule has 0 radical (unpaired) electrons. The molecule has 0 bridgehead atoms. The zero-order chi connectivity index (χ0) is 9.26. The molecular formula is C11H10O2. The third-order valence-corrected chi connectivity index (χ3v) is 2.11. The van der Waals surface area contributed by atoms with Crippen molar-refractivity contribution in [2.24, 2.45) is 0 Å². The van der Waals surface area contributed by atoms with Crippen LogP contribution in [0.5, 0.6) is 0 Å². The van der Waals surface area contributed by atoms with Crippen molar-refractivity contribution in [3.63, 3.8) is 0 Å². The maximum Gasteiger partial charge on any atom is 0.126 e. The summed E-state index contributed by atoms with van der Waals surface area (Å²) in [7, 11) is 0. The molecule has 0 unspecified atom stereocenters. The highest BCUT2D eigenvalue weighted by molar-refractivity contribution is 5.65. The van der Waals surface area contributed by atoms with Crippen LogP contribution in [0.1, 0.15) is 11.1 Å². The minimum atomic E-state index is 0.119. The van der Waals surface area contributed by atoms with Gasteiger partial charge >= 0.3 is 0 Å². The number of fused-ring (bicyclic) bond motifs is 1. The van der Waals surface area contributed by atoms with E-state index in [0.717, 1.165) is 11.1 Å². The second kappa shape index (κ2) is 2.98. The van der Waals surface area contributed by atoms with Gasteiger partial charge in [-0.3, -0.25) is 0 Å². The Morgan fingerprint density at radius 2 is 1.85 bits per heavy atom. The van der Waals surface area contributed by atoms with Crippen LogP contribution in [0.2, 0.25) is 0 Å². The number of allylic oxidation sites excluding steroid dienone is 2. The first kappa shape index (κ1) is 7.92. The van der Waals surface area contributed by atoms with Crippen LogP contribution in [0.4, 0.5) is 0 Å². The predicted octanol–water partition coefficient (Wildman–Crippen LogP) is 2.58. The van der Waals surface area contributed by atoms with E-state index in [1.165, 1.54) is 6.08 Å². The molecule has 1 aromatic rings. The van der Waals surface area contributed by atoms with Crippen molar-refractivity contribution >= 4 is 5.76 Å². The zero-order valence-corrected chi connectivity index (χ0v) is 7.07. The van der Waals surface area contributed by atoms with Crippen molar-refractivity contribution in [3.8, 4) is 0 Å². The van der Waals surface area contributed by atoms with Crippen molar-refractivity contribution in [2.75, 3.05) is 0 Å². The second-order valence-corrected chi connectivity index (χ2v) is 3.02. The van der Waals surface area contributed by atoms with Gasteiger partial charge in [-0.05, 0) is 18.1 Å². The molecule has 66 valence electrons. The lowest BCUT2D eigenvalue weighted by molar-refractivity contribution is 0.426. The number of benzene rings is 1. The number of aliphatic hydroxyl groups is 2. The number of hydrogen-bond donors (Lipinski definition) is 2. The van der Waals surface area contributed by atoms with Gasteiger partial charge in [0.15, 0.2) is 0 Å². The van der Waals surface area contributed by atoms with Gasteiger partial charge in [0.05, 0.1) is 0 Å². The minimum absolute atomic E-state index is 0.119. The largest absolute Gasteiger partial charge is 0.508 e. The predicted molar refractivity (Wildman–Crippen MR) is 51.5 cm³/mol. The van der Waals surface area contributed by atoms with E-state index < -0.39 is 0 Å². The first-order valence-corrected chi connectivity index (χ1v) is 4.15. The van der Waals surface area contributed by atoms with Gasteiger partial charge in [0.2, 0.25) is 0 Å². The maximum atomic E-state index is 9.57. The van der Waals surface area contributed by atoms with Gasteiger partial charge in [-0.15, -0.1) is 0 Å². The van der Waals surface area contributed by atoms with Crippen LogP contribution in [-0.2, 0) is 6.42 Å². The third kappa shape index (κ3) is 1.43. The summed E-state index contributed by atoms with van der Waals surface area (Å²) in [6, 6.07) is 7.57.